The average molecular weight is 269 g/mol. The lowest BCUT2D eigenvalue weighted by atomic mass is 9.87. The summed E-state index contributed by atoms with van der Waals surface area (Å²) in [5.74, 6) is -0.273. The molecule has 1 aromatic heterocycles. The van der Waals surface area contributed by atoms with Crippen LogP contribution in [0, 0.1) is 5.92 Å². The molecule has 1 atom stereocenters. The van der Waals surface area contributed by atoms with Gasteiger partial charge in [-0.2, -0.15) is 0 Å². The molecule has 5 heteroatoms. The van der Waals surface area contributed by atoms with Crippen LogP contribution < -0.4 is 0 Å². The minimum absolute atomic E-state index is 0.123. The van der Waals surface area contributed by atoms with E-state index < -0.39 is 5.60 Å². The van der Waals surface area contributed by atoms with E-state index in [1.54, 1.807) is 6.20 Å². The van der Waals surface area contributed by atoms with Crippen LogP contribution in [-0.4, -0.2) is 21.5 Å². The first kappa shape index (κ1) is 13.3. The molecular formula is C13H17ClN2O2. The third kappa shape index (κ3) is 3.19. The Bertz CT molecular complexity index is 469. The molecule has 0 fully saturated rings. The smallest absolute Gasteiger partial charge is 0.309 e. The van der Waals surface area contributed by atoms with Crippen molar-refractivity contribution in [2.45, 2.75) is 45.6 Å². The van der Waals surface area contributed by atoms with E-state index in [4.69, 9.17) is 16.3 Å². The molecule has 1 aliphatic rings. The lowest BCUT2D eigenvalue weighted by Crippen LogP contribution is -2.32. The van der Waals surface area contributed by atoms with Gasteiger partial charge in [-0.15, -0.1) is 0 Å². The molecular weight excluding hydrogens is 252 g/mol. The summed E-state index contributed by atoms with van der Waals surface area (Å²) in [4.78, 5) is 20.2. The summed E-state index contributed by atoms with van der Waals surface area (Å²) in [5, 5.41) is 0.235. The largest absolute Gasteiger partial charge is 0.460 e. The van der Waals surface area contributed by atoms with Gasteiger partial charge in [0, 0.05) is 18.3 Å². The number of rotatable bonds is 1. The number of hydrogen-bond donors (Lipinski definition) is 0. The molecule has 1 aromatic rings. The summed E-state index contributed by atoms with van der Waals surface area (Å²) >= 11 is 5.77. The predicted molar refractivity (Wildman–Crippen MR) is 68.4 cm³/mol. The highest BCUT2D eigenvalue weighted by molar-refractivity contribution is 6.28. The molecule has 0 amide bonds. The number of nitrogens with zero attached hydrogens (tertiary/aromatic N) is 2. The number of fused-ring (bicyclic) bond motifs is 1. The van der Waals surface area contributed by atoms with Gasteiger partial charge >= 0.3 is 5.97 Å². The first-order chi connectivity index (χ1) is 8.35. The predicted octanol–water partition coefficient (Wildman–Crippen LogP) is 2.58. The highest BCUT2D eigenvalue weighted by Crippen LogP contribution is 2.26. The Morgan fingerprint density at radius 2 is 2.22 bits per heavy atom. The maximum Gasteiger partial charge on any atom is 0.309 e. The van der Waals surface area contributed by atoms with E-state index in [2.05, 4.69) is 9.97 Å². The van der Waals surface area contributed by atoms with E-state index in [9.17, 15) is 4.79 Å². The van der Waals surface area contributed by atoms with Crippen molar-refractivity contribution in [2.24, 2.45) is 5.92 Å². The molecule has 0 N–H and O–H groups in total. The zero-order valence-electron chi connectivity index (χ0n) is 10.9. The van der Waals surface area contributed by atoms with Crippen LogP contribution in [0.1, 0.15) is 38.4 Å². The van der Waals surface area contributed by atoms with Crippen molar-refractivity contribution in [2.75, 3.05) is 0 Å². The fraction of sp³-hybridized carbons (Fsp3) is 0.615. The van der Waals surface area contributed by atoms with Crippen molar-refractivity contribution in [3.63, 3.8) is 0 Å². The number of hydrogen-bond acceptors (Lipinski definition) is 4. The van der Waals surface area contributed by atoms with Crippen LogP contribution in [0.25, 0.3) is 0 Å². The Kier molecular flexibility index (Phi) is 3.57. The van der Waals surface area contributed by atoms with E-state index in [0.717, 1.165) is 24.1 Å². The molecule has 0 radical (unpaired) electrons. The Labute approximate surface area is 112 Å². The zero-order chi connectivity index (χ0) is 13.3. The molecule has 0 saturated heterocycles. The van der Waals surface area contributed by atoms with Crippen LogP contribution in [-0.2, 0) is 22.4 Å². The van der Waals surface area contributed by atoms with Crippen LogP contribution in [0.15, 0.2) is 6.20 Å². The molecule has 0 aliphatic heterocycles. The lowest BCUT2D eigenvalue weighted by Gasteiger charge is -2.26. The maximum absolute atomic E-state index is 12.0. The first-order valence-corrected chi connectivity index (χ1v) is 6.46. The normalized spacial score (nSPS) is 19.2. The molecule has 1 unspecified atom stereocenters. The first-order valence-electron chi connectivity index (χ1n) is 6.08. The fourth-order valence-corrected chi connectivity index (χ4v) is 2.21. The Morgan fingerprint density at radius 3 is 2.89 bits per heavy atom. The van der Waals surface area contributed by atoms with Crippen molar-refractivity contribution in [1.82, 2.24) is 9.97 Å². The second kappa shape index (κ2) is 4.84. The number of esters is 1. The maximum atomic E-state index is 12.0. The monoisotopic (exact) mass is 268 g/mol. The number of aromatic nitrogens is 2. The minimum atomic E-state index is -0.444. The number of halogens is 1. The summed E-state index contributed by atoms with van der Waals surface area (Å²) in [6.07, 6.45) is 3.92. The van der Waals surface area contributed by atoms with E-state index in [0.29, 0.717) is 6.42 Å². The molecule has 0 aromatic carbocycles. The quantitative estimate of drug-likeness (QED) is 0.580. The molecule has 18 heavy (non-hydrogen) atoms. The SMILES string of the molecule is CC(C)(C)OC(=O)C1CCc2cnc(Cl)nc2C1. The second-order valence-corrected chi connectivity index (χ2v) is 5.92. The summed E-state index contributed by atoms with van der Waals surface area (Å²) in [6.45, 7) is 5.63. The molecule has 0 bridgehead atoms. The minimum Gasteiger partial charge on any atom is -0.460 e. The molecule has 4 nitrogen and oxygen atoms in total. The topological polar surface area (TPSA) is 52.1 Å². The van der Waals surface area contributed by atoms with Gasteiger partial charge in [-0.1, -0.05) is 0 Å². The van der Waals surface area contributed by atoms with Gasteiger partial charge in [0.05, 0.1) is 5.92 Å². The van der Waals surface area contributed by atoms with E-state index >= 15 is 0 Å². The zero-order valence-corrected chi connectivity index (χ0v) is 11.6. The van der Waals surface area contributed by atoms with Gasteiger partial charge in [0.25, 0.3) is 0 Å². The van der Waals surface area contributed by atoms with Gasteiger partial charge in [0.1, 0.15) is 5.60 Å². The highest BCUT2D eigenvalue weighted by Gasteiger charge is 2.29. The van der Waals surface area contributed by atoms with Crippen molar-refractivity contribution in [3.8, 4) is 0 Å². The number of carbonyl (C=O) groups is 1. The van der Waals surface area contributed by atoms with E-state index in [1.165, 1.54) is 0 Å². The van der Waals surface area contributed by atoms with Crippen LogP contribution in [0.4, 0.5) is 0 Å². The van der Waals surface area contributed by atoms with Gasteiger partial charge in [-0.05, 0) is 50.8 Å². The number of ether oxygens (including phenoxy) is 1. The van der Waals surface area contributed by atoms with Crippen LogP contribution in [0.2, 0.25) is 5.28 Å². The van der Waals surface area contributed by atoms with Crippen LogP contribution in [0.5, 0.6) is 0 Å². The molecule has 2 rings (SSSR count). The van der Waals surface area contributed by atoms with E-state index in [-0.39, 0.29) is 17.2 Å². The number of aryl methyl sites for hydroxylation is 1. The molecule has 0 saturated carbocycles. The van der Waals surface area contributed by atoms with Gasteiger partial charge in [-0.25, -0.2) is 9.97 Å². The Balaban J connectivity index is 2.09. The molecule has 98 valence electrons. The summed E-state index contributed by atoms with van der Waals surface area (Å²) in [6, 6.07) is 0. The summed E-state index contributed by atoms with van der Waals surface area (Å²) in [5.41, 5.74) is 1.51. The van der Waals surface area contributed by atoms with Crippen molar-refractivity contribution >= 4 is 17.6 Å². The van der Waals surface area contributed by atoms with Gasteiger partial charge in [0.15, 0.2) is 0 Å². The third-order valence-electron chi connectivity index (χ3n) is 2.87. The van der Waals surface area contributed by atoms with Gasteiger partial charge < -0.3 is 4.74 Å². The van der Waals surface area contributed by atoms with Crippen molar-refractivity contribution in [1.29, 1.82) is 0 Å². The summed E-state index contributed by atoms with van der Waals surface area (Å²) < 4.78 is 5.41. The molecule has 1 heterocycles. The Hall–Kier alpha value is -1.16. The average Bonchev–Trinajstić information content (AvgIpc) is 2.25. The molecule has 0 spiro atoms. The van der Waals surface area contributed by atoms with Crippen molar-refractivity contribution < 1.29 is 9.53 Å². The highest BCUT2D eigenvalue weighted by atomic mass is 35.5. The van der Waals surface area contributed by atoms with E-state index in [1.807, 2.05) is 20.8 Å². The Morgan fingerprint density at radius 1 is 1.50 bits per heavy atom. The third-order valence-corrected chi connectivity index (χ3v) is 3.05. The number of carbonyl (C=O) groups excluding carboxylic acids is 1. The lowest BCUT2D eigenvalue weighted by molar-refractivity contribution is -0.160. The fourth-order valence-electron chi connectivity index (χ4n) is 2.05. The van der Waals surface area contributed by atoms with Crippen LogP contribution in [0.3, 0.4) is 0 Å². The van der Waals surface area contributed by atoms with Gasteiger partial charge in [0.2, 0.25) is 5.28 Å². The summed E-state index contributed by atoms with van der Waals surface area (Å²) in [7, 11) is 0. The molecule has 1 aliphatic carbocycles. The second-order valence-electron chi connectivity index (χ2n) is 5.58. The van der Waals surface area contributed by atoms with Crippen LogP contribution >= 0.6 is 11.6 Å². The van der Waals surface area contributed by atoms with Gasteiger partial charge in [-0.3, -0.25) is 4.79 Å². The standard InChI is InChI=1S/C13H17ClN2O2/c1-13(2,3)18-11(17)8-4-5-9-7-15-12(14)16-10(9)6-8/h7-8H,4-6H2,1-3H3. The van der Waals surface area contributed by atoms with Crippen molar-refractivity contribution in [3.05, 3.63) is 22.7 Å².